The predicted molar refractivity (Wildman–Crippen MR) is 141 cm³/mol. The summed E-state index contributed by atoms with van der Waals surface area (Å²) < 4.78 is 5.62. The molecule has 1 aromatic carbocycles. The number of aryl methyl sites for hydroxylation is 1. The van der Waals surface area contributed by atoms with E-state index in [1.807, 2.05) is 31.2 Å². The van der Waals surface area contributed by atoms with E-state index < -0.39 is 5.91 Å². The van der Waals surface area contributed by atoms with Crippen molar-refractivity contribution in [2.24, 2.45) is 5.73 Å². The fraction of sp³-hybridized carbons (Fsp3) is 0.250. The molecule has 0 unspecified atom stereocenters. The van der Waals surface area contributed by atoms with Crippen molar-refractivity contribution in [1.29, 1.82) is 0 Å². The van der Waals surface area contributed by atoms with E-state index in [0.717, 1.165) is 27.9 Å². The zero-order valence-corrected chi connectivity index (χ0v) is 21.1. The van der Waals surface area contributed by atoms with E-state index in [-0.39, 0.29) is 6.03 Å². The fourth-order valence-corrected chi connectivity index (χ4v) is 5.07. The van der Waals surface area contributed by atoms with Gasteiger partial charge in [0.2, 0.25) is 5.95 Å². The Morgan fingerprint density at radius 1 is 1.19 bits per heavy atom. The van der Waals surface area contributed by atoms with E-state index in [0.29, 0.717) is 46.0 Å². The third-order valence-electron chi connectivity index (χ3n) is 5.90. The number of ether oxygens (including phenoxy) is 1. The van der Waals surface area contributed by atoms with Gasteiger partial charge in [0, 0.05) is 31.7 Å². The lowest BCUT2D eigenvalue weighted by atomic mass is 10.1. The van der Waals surface area contributed by atoms with Gasteiger partial charge >= 0.3 is 6.03 Å². The largest absolute Gasteiger partial charge is 0.495 e. The molecule has 5 N–H and O–H groups in total. The van der Waals surface area contributed by atoms with Crippen LogP contribution < -0.4 is 26.0 Å². The Hall–Kier alpha value is -4.32. The summed E-state index contributed by atoms with van der Waals surface area (Å²) in [5, 5.41) is 7.24. The number of nitrogens with two attached hydrogens (primary N) is 1. The smallest absolute Gasteiger partial charge is 0.323 e. The highest BCUT2D eigenvalue weighted by Crippen LogP contribution is 2.39. The van der Waals surface area contributed by atoms with Crippen molar-refractivity contribution < 1.29 is 14.3 Å². The van der Waals surface area contributed by atoms with Crippen LogP contribution in [0.15, 0.2) is 30.5 Å². The molecule has 11 nitrogen and oxygen atoms in total. The number of hydrogen-bond acceptors (Lipinski definition) is 8. The number of H-pyrrole nitrogens is 1. The highest BCUT2D eigenvalue weighted by molar-refractivity contribution is 7.14. The molecule has 0 atom stereocenters. The van der Waals surface area contributed by atoms with Crippen LogP contribution in [0.5, 0.6) is 5.75 Å². The number of hydrogen-bond donors (Lipinski definition) is 4. The van der Waals surface area contributed by atoms with E-state index in [1.165, 1.54) is 11.3 Å². The lowest BCUT2D eigenvalue weighted by molar-refractivity contribution is 0.100. The van der Waals surface area contributed by atoms with Crippen molar-refractivity contribution in [3.05, 3.63) is 45.8 Å². The number of nitrogens with one attached hydrogen (secondary N) is 3. The highest BCUT2D eigenvalue weighted by atomic mass is 32.1. The monoisotopic (exact) mass is 506 g/mol. The Kier molecular flexibility index (Phi) is 5.88. The van der Waals surface area contributed by atoms with Gasteiger partial charge in [-0.1, -0.05) is 0 Å². The maximum atomic E-state index is 12.7. The third-order valence-corrected chi connectivity index (χ3v) is 6.97. The molecule has 0 bridgehead atoms. The molecule has 4 aromatic rings. The SMILES string of the molecule is COc1cc2c(cc1Nc1nc(Nc3cc(C)sc3C(N)=O)c3cc[nH]c3n1)N(C(=O)N(C)C)CC2. The van der Waals surface area contributed by atoms with Gasteiger partial charge in [-0.05, 0) is 43.2 Å². The summed E-state index contributed by atoms with van der Waals surface area (Å²) in [4.78, 5) is 41.7. The van der Waals surface area contributed by atoms with Gasteiger partial charge in [-0.2, -0.15) is 9.97 Å². The standard InChI is InChI=1S/C24H26N8O3S/c1-12-9-16(19(36-12)20(25)33)27-22-14-5-7-26-21(14)29-23(30-22)28-15-11-17-13(10-18(15)35-4)6-8-32(17)24(34)31(2)3/h5,7,9-11H,6,8H2,1-4H3,(H2,25,33)(H3,26,27,28,29,30). The molecule has 5 rings (SSSR count). The van der Waals surface area contributed by atoms with E-state index >= 15 is 0 Å². The Labute approximate surface area is 211 Å². The average molecular weight is 507 g/mol. The maximum absolute atomic E-state index is 12.7. The lowest BCUT2D eigenvalue weighted by Crippen LogP contribution is -2.38. The molecule has 0 saturated carbocycles. The summed E-state index contributed by atoms with van der Waals surface area (Å²) in [6, 6.07) is 7.44. The van der Waals surface area contributed by atoms with Gasteiger partial charge in [0.25, 0.3) is 5.91 Å². The van der Waals surface area contributed by atoms with Crippen molar-refractivity contribution in [2.45, 2.75) is 13.3 Å². The van der Waals surface area contributed by atoms with Gasteiger partial charge in [-0.3, -0.25) is 9.69 Å². The van der Waals surface area contributed by atoms with Gasteiger partial charge in [0.05, 0.1) is 29.6 Å². The molecule has 0 spiro atoms. The Balaban J connectivity index is 1.53. The quantitative estimate of drug-likeness (QED) is 0.310. The summed E-state index contributed by atoms with van der Waals surface area (Å²) in [5.41, 5.74) is 9.23. The number of nitrogens with zero attached hydrogens (tertiary/aromatic N) is 4. The molecule has 36 heavy (non-hydrogen) atoms. The number of methoxy groups -OCH3 is 1. The number of fused-ring (bicyclic) bond motifs is 2. The van der Waals surface area contributed by atoms with Crippen molar-refractivity contribution in [2.75, 3.05) is 43.3 Å². The van der Waals surface area contributed by atoms with E-state index in [4.69, 9.17) is 10.5 Å². The van der Waals surface area contributed by atoms with Crippen molar-refractivity contribution in [3.63, 3.8) is 0 Å². The zero-order valence-electron chi connectivity index (χ0n) is 20.3. The number of rotatable bonds is 6. The minimum absolute atomic E-state index is 0.0864. The first-order valence-corrected chi connectivity index (χ1v) is 12.1. The molecule has 4 heterocycles. The van der Waals surface area contributed by atoms with Gasteiger partial charge in [-0.25, -0.2) is 4.79 Å². The number of aromatic amines is 1. The fourth-order valence-electron chi connectivity index (χ4n) is 4.25. The number of carbonyl (C=O) groups excluding carboxylic acids is 2. The van der Waals surface area contributed by atoms with Gasteiger partial charge in [-0.15, -0.1) is 11.3 Å². The van der Waals surface area contributed by atoms with Crippen LogP contribution in [-0.4, -0.2) is 59.5 Å². The minimum atomic E-state index is -0.506. The van der Waals surface area contributed by atoms with Crippen LogP contribution in [0.3, 0.4) is 0 Å². The minimum Gasteiger partial charge on any atom is -0.495 e. The molecule has 1 aliphatic heterocycles. The third kappa shape index (κ3) is 4.15. The molecule has 12 heteroatoms. The number of aromatic nitrogens is 3. The second kappa shape index (κ2) is 9.04. The molecule has 0 radical (unpaired) electrons. The van der Waals surface area contributed by atoms with E-state index in [1.54, 1.807) is 37.2 Å². The summed E-state index contributed by atoms with van der Waals surface area (Å²) in [6.45, 7) is 2.51. The first kappa shape index (κ1) is 23.4. The second-order valence-corrected chi connectivity index (χ2v) is 9.87. The van der Waals surface area contributed by atoms with Crippen LogP contribution in [-0.2, 0) is 6.42 Å². The van der Waals surface area contributed by atoms with Crippen LogP contribution in [0.4, 0.5) is 33.6 Å². The van der Waals surface area contributed by atoms with E-state index in [9.17, 15) is 9.59 Å². The summed E-state index contributed by atoms with van der Waals surface area (Å²) in [7, 11) is 5.06. The number of carbonyl (C=O) groups is 2. The van der Waals surface area contributed by atoms with Gasteiger partial charge < -0.3 is 31.0 Å². The van der Waals surface area contributed by atoms with Gasteiger partial charge in [0.1, 0.15) is 22.1 Å². The molecule has 3 aromatic heterocycles. The average Bonchev–Trinajstić information content (AvgIpc) is 3.56. The topological polar surface area (TPSA) is 142 Å². The Morgan fingerprint density at radius 3 is 2.72 bits per heavy atom. The Bertz CT molecular complexity index is 1490. The number of amides is 3. The molecule has 1 aliphatic rings. The van der Waals surface area contributed by atoms with Crippen LogP contribution in [0.25, 0.3) is 11.0 Å². The van der Waals surface area contributed by atoms with Crippen LogP contribution in [0.1, 0.15) is 20.1 Å². The van der Waals surface area contributed by atoms with Crippen molar-refractivity contribution in [1.82, 2.24) is 19.9 Å². The van der Waals surface area contributed by atoms with Gasteiger partial charge in [0.15, 0.2) is 0 Å². The molecule has 0 saturated heterocycles. The predicted octanol–water partition coefficient (Wildman–Crippen LogP) is 3.97. The van der Waals surface area contributed by atoms with Crippen LogP contribution in [0.2, 0.25) is 0 Å². The second-order valence-electron chi connectivity index (χ2n) is 8.61. The first-order valence-electron chi connectivity index (χ1n) is 11.2. The van der Waals surface area contributed by atoms with Crippen LogP contribution in [0, 0.1) is 6.92 Å². The number of anilines is 5. The first-order chi connectivity index (χ1) is 17.2. The summed E-state index contributed by atoms with van der Waals surface area (Å²) in [6.07, 6.45) is 2.51. The normalized spacial score (nSPS) is 12.5. The summed E-state index contributed by atoms with van der Waals surface area (Å²) >= 11 is 1.32. The van der Waals surface area contributed by atoms with E-state index in [2.05, 4.69) is 25.6 Å². The highest BCUT2D eigenvalue weighted by Gasteiger charge is 2.28. The van der Waals surface area contributed by atoms with Crippen LogP contribution >= 0.6 is 11.3 Å². The number of primary amides is 1. The summed E-state index contributed by atoms with van der Waals surface area (Å²) in [5.74, 6) is 0.922. The Morgan fingerprint density at radius 2 is 2.00 bits per heavy atom. The molecular weight excluding hydrogens is 480 g/mol. The molecule has 0 aliphatic carbocycles. The van der Waals surface area contributed by atoms with Crippen molar-refractivity contribution in [3.8, 4) is 5.75 Å². The molecule has 186 valence electrons. The maximum Gasteiger partial charge on any atom is 0.323 e. The lowest BCUT2D eigenvalue weighted by Gasteiger charge is -2.23. The molecule has 0 fully saturated rings. The number of benzene rings is 1. The number of urea groups is 1. The van der Waals surface area contributed by atoms with Crippen molar-refractivity contribution >= 4 is 63.1 Å². The molecular formula is C24H26N8O3S. The molecule has 3 amide bonds. The number of thiophene rings is 1. The zero-order chi connectivity index (χ0) is 25.6.